The van der Waals surface area contributed by atoms with E-state index in [2.05, 4.69) is 28.9 Å². The number of rotatable bonds is 3. The highest BCUT2D eigenvalue weighted by atomic mass is 32.2. The Balaban J connectivity index is 2.28. The van der Waals surface area contributed by atoms with Crippen molar-refractivity contribution in [1.82, 2.24) is 9.62 Å². The van der Waals surface area contributed by atoms with Crippen molar-refractivity contribution >= 4 is 23.7 Å². The van der Waals surface area contributed by atoms with Crippen molar-refractivity contribution in [2.45, 2.75) is 6.92 Å². The number of allylic oxidation sites excluding steroid dienone is 1. The van der Waals surface area contributed by atoms with E-state index in [1.807, 2.05) is 23.7 Å². The lowest BCUT2D eigenvalue weighted by Crippen LogP contribution is -2.39. The molecule has 0 saturated carbocycles. The fraction of sp³-hybridized carbons (Fsp3) is 0.750. The largest absolute Gasteiger partial charge is 0.314 e. The lowest BCUT2D eigenvalue weighted by molar-refractivity contribution is 0.398. The molecule has 2 nitrogen and oxygen atoms in total. The second-order valence-corrected chi connectivity index (χ2v) is 4.83. The molecule has 4 heteroatoms. The molecule has 1 heterocycles. The van der Waals surface area contributed by atoms with E-state index >= 15 is 0 Å². The summed E-state index contributed by atoms with van der Waals surface area (Å²) in [5.74, 6) is 0. The van der Waals surface area contributed by atoms with Crippen LogP contribution in [0.1, 0.15) is 6.92 Å². The smallest absolute Gasteiger partial charge is 0.0512 e. The molecule has 1 rings (SSSR count). The SMILES string of the molecule is C/C=C(\SC)SN1CCNCC1. The van der Waals surface area contributed by atoms with Crippen LogP contribution in [0.5, 0.6) is 0 Å². The first-order valence-electron chi connectivity index (χ1n) is 4.20. The molecule has 1 fully saturated rings. The molecule has 0 aromatic heterocycles. The van der Waals surface area contributed by atoms with Gasteiger partial charge in [0.2, 0.25) is 0 Å². The minimum absolute atomic E-state index is 1.12. The molecule has 0 radical (unpaired) electrons. The highest BCUT2D eigenvalue weighted by Crippen LogP contribution is 2.28. The van der Waals surface area contributed by atoms with Crippen LogP contribution < -0.4 is 5.32 Å². The Morgan fingerprint density at radius 2 is 2.08 bits per heavy atom. The molecular formula is C8H16N2S2. The van der Waals surface area contributed by atoms with Gasteiger partial charge in [-0.15, -0.1) is 11.8 Å². The van der Waals surface area contributed by atoms with Crippen LogP contribution in [0.25, 0.3) is 0 Å². The average molecular weight is 204 g/mol. The summed E-state index contributed by atoms with van der Waals surface area (Å²) in [6, 6.07) is 0. The third-order valence-electron chi connectivity index (χ3n) is 1.73. The van der Waals surface area contributed by atoms with Gasteiger partial charge in [-0.05, 0) is 25.1 Å². The van der Waals surface area contributed by atoms with Crippen molar-refractivity contribution in [2.24, 2.45) is 0 Å². The molecule has 1 aliphatic rings. The number of hydrogen-bond donors (Lipinski definition) is 1. The van der Waals surface area contributed by atoms with E-state index in [0.29, 0.717) is 0 Å². The van der Waals surface area contributed by atoms with Crippen molar-refractivity contribution in [2.75, 3.05) is 32.4 Å². The summed E-state index contributed by atoms with van der Waals surface area (Å²) in [7, 11) is 0. The van der Waals surface area contributed by atoms with Crippen molar-refractivity contribution in [3.05, 3.63) is 10.3 Å². The van der Waals surface area contributed by atoms with Gasteiger partial charge in [-0.3, -0.25) is 0 Å². The molecule has 0 bridgehead atoms. The van der Waals surface area contributed by atoms with Gasteiger partial charge in [0.1, 0.15) is 0 Å². The van der Waals surface area contributed by atoms with Crippen LogP contribution in [-0.4, -0.2) is 36.7 Å². The first-order valence-corrected chi connectivity index (χ1v) is 6.20. The van der Waals surface area contributed by atoms with E-state index in [1.54, 1.807) is 0 Å². The summed E-state index contributed by atoms with van der Waals surface area (Å²) in [5.41, 5.74) is 0. The fourth-order valence-electron chi connectivity index (χ4n) is 1.07. The predicted octanol–water partition coefficient (Wildman–Crippen LogP) is 1.76. The van der Waals surface area contributed by atoms with Crippen LogP contribution >= 0.6 is 23.7 Å². The van der Waals surface area contributed by atoms with Gasteiger partial charge < -0.3 is 5.32 Å². The fourth-order valence-corrected chi connectivity index (χ4v) is 2.65. The van der Waals surface area contributed by atoms with Crippen LogP contribution in [0.3, 0.4) is 0 Å². The lowest BCUT2D eigenvalue weighted by Gasteiger charge is -2.26. The number of thioether (sulfide) groups is 1. The van der Waals surface area contributed by atoms with E-state index < -0.39 is 0 Å². The maximum atomic E-state index is 3.34. The number of nitrogens with one attached hydrogen (secondary N) is 1. The third-order valence-corrected chi connectivity index (χ3v) is 4.13. The lowest BCUT2D eigenvalue weighted by atomic mass is 10.4. The van der Waals surface area contributed by atoms with E-state index in [0.717, 1.165) is 26.2 Å². The summed E-state index contributed by atoms with van der Waals surface area (Å²) in [4.78, 5) is 0. The molecule has 1 aliphatic heterocycles. The Bertz CT molecular complexity index is 153. The summed E-state index contributed by atoms with van der Waals surface area (Å²) < 4.78 is 3.82. The van der Waals surface area contributed by atoms with Crippen LogP contribution in [0.4, 0.5) is 0 Å². The predicted molar refractivity (Wildman–Crippen MR) is 59.3 cm³/mol. The van der Waals surface area contributed by atoms with Gasteiger partial charge in [0, 0.05) is 26.2 Å². The zero-order chi connectivity index (χ0) is 8.81. The highest BCUT2D eigenvalue weighted by Gasteiger charge is 2.10. The maximum Gasteiger partial charge on any atom is 0.0512 e. The highest BCUT2D eigenvalue weighted by molar-refractivity contribution is 8.20. The molecule has 70 valence electrons. The number of piperazine rings is 1. The molecule has 0 aliphatic carbocycles. The van der Waals surface area contributed by atoms with Crippen molar-refractivity contribution < 1.29 is 0 Å². The zero-order valence-corrected chi connectivity index (χ0v) is 9.30. The molecule has 12 heavy (non-hydrogen) atoms. The Hall–Kier alpha value is 0.360. The van der Waals surface area contributed by atoms with Crippen LogP contribution in [0.2, 0.25) is 0 Å². The van der Waals surface area contributed by atoms with E-state index in [1.165, 1.54) is 4.24 Å². The Labute approximate surface area is 83.3 Å². The number of nitrogens with zero attached hydrogens (tertiary/aromatic N) is 1. The van der Waals surface area contributed by atoms with E-state index in [9.17, 15) is 0 Å². The van der Waals surface area contributed by atoms with Crippen LogP contribution in [0.15, 0.2) is 10.3 Å². The molecule has 1 N–H and O–H groups in total. The summed E-state index contributed by atoms with van der Waals surface area (Å²) in [6.07, 6.45) is 4.31. The Morgan fingerprint density at radius 1 is 1.42 bits per heavy atom. The van der Waals surface area contributed by atoms with Gasteiger partial charge >= 0.3 is 0 Å². The molecule has 0 atom stereocenters. The first-order chi connectivity index (χ1) is 5.86. The van der Waals surface area contributed by atoms with Crippen LogP contribution in [0, 0.1) is 0 Å². The maximum absolute atomic E-state index is 3.34. The summed E-state index contributed by atoms with van der Waals surface area (Å²) >= 11 is 3.71. The van der Waals surface area contributed by atoms with Crippen molar-refractivity contribution in [3.63, 3.8) is 0 Å². The Kier molecular flexibility index (Phi) is 5.14. The normalized spacial score (nSPS) is 21.3. The van der Waals surface area contributed by atoms with Crippen LogP contribution in [-0.2, 0) is 0 Å². The molecule has 0 aromatic rings. The molecule has 1 saturated heterocycles. The van der Waals surface area contributed by atoms with E-state index in [4.69, 9.17) is 0 Å². The van der Waals surface area contributed by atoms with Gasteiger partial charge in [0.05, 0.1) is 4.24 Å². The monoisotopic (exact) mass is 204 g/mol. The van der Waals surface area contributed by atoms with Gasteiger partial charge in [0.15, 0.2) is 0 Å². The zero-order valence-electron chi connectivity index (χ0n) is 7.67. The van der Waals surface area contributed by atoms with Crippen molar-refractivity contribution in [3.8, 4) is 0 Å². The van der Waals surface area contributed by atoms with Gasteiger partial charge in [-0.2, -0.15) is 0 Å². The quantitative estimate of drug-likeness (QED) is 0.704. The first kappa shape index (κ1) is 10.4. The van der Waals surface area contributed by atoms with Crippen molar-refractivity contribution in [1.29, 1.82) is 0 Å². The minimum Gasteiger partial charge on any atom is -0.314 e. The van der Waals surface area contributed by atoms with Gasteiger partial charge in [-0.25, -0.2) is 4.31 Å². The minimum atomic E-state index is 1.12. The molecule has 0 unspecified atom stereocenters. The van der Waals surface area contributed by atoms with E-state index in [-0.39, 0.29) is 0 Å². The third kappa shape index (κ3) is 3.39. The molecular weight excluding hydrogens is 188 g/mol. The number of hydrogen-bond acceptors (Lipinski definition) is 4. The molecule has 0 amide bonds. The topological polar surface area (TPSA) is 15.3 Å². The second kappa shape index (κ2) is 5.91. The van der Waals surface area contributed by atoms with Gasteiger partial charge in [-0.1, -0.05) is 6.08 Å². The average Bonchev–Trinajstić information content (AvgIpc) is 2.16. The van der Waals surface area contributed by atoms with Gasteiger partial charge in [0.25, 0.3) is 0 Å². The second-order valence-electron chi connectivity index (χ2n) is 2.58. The Morgan fingerprint density at radius 3 is 2.58 bits per heavy atom. The summed E-state index contributed by atoms with van der Waals surface area (Å²) in [5, 5.41) is 3.34. The molecule has 0 spiro atoms. The molecule has 0 aromatic carbocycles. The standard InChI is InChI=1S/C8H16N2S2/c1-3-8(11-2)12-10-6-4-9-5-7-10/h3,9H,4-7H2,1-2H3/b8-3+. The summed E-state index contributed by atoms with van der Waals surface area (Å²) in [6.45, 7) is 6.66.